The average Bonchev–Trinajstić information content (AvgIpc) is 3.38. The van der Waals surface area contributed by atoms with E-state index in [2.05, 4.69) is 10.3 Å². The SMILES string of the molecule is Cn1ccnc1SCC(=O)Nc1ccccc1C(=O)OCCCCN1C(=O)c2ccccc2C1=O. The minimum atomic E-state index is -0.557. The van der Waals surface area contributed by atoms with Crippen LogP contribution in [0.3, 0.4) is 0 Å². The molecular weight excluding hydrogens is 468 g/mol. The minimum Gasteiger partial charge on any atom is -0.462 e. The van der Waals surface area contributed by atoms with Crippen LogP contribution in [0.1, 0.15) is 43.9 Å². The molecule has 3 aromatic rings. The lowest BCUT2D eigenvalue weighted by Gasteiger charge is -2.14. The number of hydrogen-bond acceptors (Lipinski definition) is 7. The number of unbranched alkanes of at least 4 members (excludes halogenated alkanes) is 1. The molecule has 0 saturated heterocycles. The molecule has 0 radical (unpaired) electrons. The van der Waals surface area contributed by atoms with Crippen molar-refractivity contribution in [2.75, 3.05) is 24.2 Å². The number of benzene rings is 2. The summed E-state index contributed by atoms with van der Waals surface area (Å²) in [6.45, 7) is 0.378. The van der Waals surface area contributed by atoms with Crippen molar-refractivity contribution in [1.82, 2.24) is 14.5 Å². The zero-order valence-electron chi connectivity index (χ0n) is 19.1. The van der Waals surface area contributed by atoms with Gasteiger partial charge in [0.05, 0.1) is 34.7 Å². The highest BCUT2D eigenvalue weighted by Gasteiger charge is 2.34. The number of carbonyl (C=O) groups is 4. The van der Waals surface area contributed by atoms with Crippen molar-refractivity contribution in [3.8, 4) is 0 Å². The highest BCUT2D eigenvalue weighted by atomic mass is 32.2. The molecule has 0 saturated carbocycles. The Morgan fingerprint density at radius 3 is 2.37 bits per heavy atom. The predicted octanol–water partition coefficient (Wildman–Crippen LogP) is 3.38. The maximum atomic E-state index is 12.6. The molecule has 180 valence electrons. The normalized spacial score (nSPS) is 12.5. The molecule has 4 rings (SSSR count). The molecule has 2 heterocycles. The highest BCUT2D eigenvalue weighted by Crippen LogP contribution is 2.23. The summed E-state index contributed by atoms with van der Waals surface area (Å²) >= 11 is 1.29. The van der Waals surface area contributed by atoms with Crippen molar-refractivity contribution in [2.24, 2.45) is 7.05 Å². The van der Waals surface area contributed by atoms with Gasteiger partial charge in [0, 0.05) is 26.0 Å². The fraction of sp³-hybridized carbons (Fsp3) is 0.240. The van der Waals surface area contributed by atoms with Crippen molar-refractivity contribution >= 4 is 41.1 Å². The monoisotopic (exact) mass is 492 g/mol. The Hall–Kier alpha value is -3.92. The van der Waals surface area contributed by atoms with Crippen LogP contribution in [0.2, 0.25) is 0 Å². The van der Waals surface area contributed by atoms with E-state index in [-0.39, 0.29) is 42.2 Å². The van der Waals surface area contributed by atoms with E-state index >= 15 is 0 Å². The number of rotatable bonds is 10. The fourth-order valence-corrected chi connectivity index (χ4v) is 4.37. The van der Waals surface area contributed by atoms with E-state index in [1.807, 2.05) is 11.6 Å². The summed E-state index contributed by atoms with van der Waals surface area (Å²) in [5, 5.41) is 3.47. The van der Waals surface area contributed by atoms with Crippen LogP contribution < -0.4 is 5.32 Å². The van der Waals surface area contributed by atoms with Crippen LogP contribution in [0.5, 0.6) is 0 Å². The summed E-state index contributed by atoms with van der Waals surface area (Å²) in [6, 6.07) is 13.4. The number of fused-ring (bicyclic) bond motifs is 1. The summed E-state index contributed by atoms with van der Waals surface area (Å²) < 4.78 is 7.19. The summed E-state index contributed by atoms with van der Waals surface area (Å²) in [6.07, 6.45) is 4.44. The summed E-state index contributed by atoms with van der Waals surface area (Å²) in [5.74, 6) is -1.27. The smallest absolute Gasteiger partial charge is 0.340 e. The molecule has 0 aliphatic carbocycles. The lowest BCUT2D eigenvalue weighted by molar-refractivity contribution is -0.113. The van der Waals surface area contributed by atoms with Gasteiger partial charge in [0.15, 0.2) is 5.16 Å². The van der Waals surface area contributed by atoms with Crippen molar-refractivity contribution in [3.05, 3.63) is 77.6 Å². The molecule has 10 heteroatoms. The van der Waals surface area contributed by atoms with Crippen LogP contribution in [0.15, 0.2) is 66.1 Å². The average molecular weight is 493 g/mol. The van der Waals surface area contributed by atoms with Crippen LogP contribution in [0.4, 0.5) is 5.69 Å². The molecule has 0 fully saturated rings. The molecule has 1 N–H and O–H groups in total. The summed E-state index contributed by atoms with van der Waals surface area (Å²) in [7, 11) is 1.85. The first kappa shape index (κ1) is 24.2. The molecule has 1 aliphatic rings. The highest BCUT2D eigenvalue weighted by molar-refractivity contribution is 7.99. The van der Waals surface area contributed by atoms with Crippen molar-refractivity contribution in [1.29, 1.82) is 0 Å². The van der Waals surface area contributed by atoms with E-state index in [0.29, 0.717) is 34.8 Å². The molecule has 1 aromatic heterocycles. The molecule has 0 bridgehead atoms. The van der Waals surface area contributed by atoms with Gasteiger partial charge in [0.1, 0.15) is 0 Å². The molecule has 0 unspecified atom stereocenters. The third-order valence-electron chi connectivity index (χ3n) is 5.42. The lowest BCUT2D eigenvalue weighted by atomic mass is 10.1. The maximum Gasteiger partial charge on any atom is 0.340 e. The number of aryl methyl sites for hydroxylation is 1. The Labute approximate surface area is 206 Å². The minimum absolute atomic E-state index is 0.124. The zero-order chi connectivity index (χ0) is 24.8. The molecule has 0 spiro atoms. The molecular formula is C25H24N4O5S. The van der Waals surface area contributed by atoms with E-state index in [1.165, 1.54) is 16.7 Å². The number of nitrogens with one attached hydrogen (secondary N) is 1. The molecule has 1 aliphatic heterocycles. The number of ether oxygens (including phenoxy) is 1. The number of para-hydroxylation sites is 1. The fourth-order valence-electron chi connectivity index (χ4n) is 3.63. The Morgan fingerprint density at radius 1 is 1.00 bits per heavy atom. The van der Waals surface area contributed by atoms with Crippen LogP contribution >= 0.6 is 11.8 Å². The number of esters is 1. The predicted molar refractivity (Wildman–Crippen MR) is 130 cm³/mol. The van der Waals surface area contributed by atoms with Gasteiger partial charge < -0.3 is 14.6 Å². The van der Waals surface area contributed by atoms with Gasteiger partial charge in [-0.2, -0.15) is 0 Å². The number of thioether (sulfide) groups is 1. The van der Waals surface area contributed by atoms with Crippen molar-refractivity contribution in [2.45, 2.75) is 18.0 Å². The van der Waals surface area contributed by atoms with Crippen LogP contribution in [0.25, 0.3) is 0 Å². The number of imidazole rings is 1. The van der Waals surface area contributed by atoms with Gasteiger partial charge in [0.25, 0.3) is 11.8 Å². The number of imide groups is 1. The lowest BCUT2D eigenvalue weighted by Crippen LogP contribution is -2.30. The number of amides is 3. The van der Waals surface area contributed by atoms with Crippen LogP contribution in [-0.2, 0) is 16.6 Å². The first-order valence-corrected chi connectivity index (χ1v) is 12.1. The Morgan fingerprint density at radius 2 is 1.69 bits per heavy atom. The number of anilines is 1. The molecule has 0 atom stereocenters. The largest absolute Gasteiger partial charge is 0.462 e. The molecule has 2 aromatic carbocycles. The second kappa shape index (κ2) is 11.0. The molecule has 3 amide bonds. The van der Waals surface area contributed by atoms with Crippen molar-refractivity contribution in [3.63, 3.8) is 0 Å². The number of nitrogens with zero attached hydrogens (tertiary/aromatic N) is 3. The Bertz CT molecular complexity index is 1240. The second-order valence-electron chi connectivity index (χ2n) is 7.85. The van der Waals surface area contributed by atoms with E-state index in [4.69, 9.17) is 4.74 Å². The van der Waals surface area contributed by atoms with E-state index in [0.717, 1.165) is 0 Å². The number of aromatic nitrogens is 2. The summed E-state index contributed by atoms with van der Waals surface area (Å²) in [5.41, 5.74) is 1.46. The van der Waals surface area contributed by atoms with Gasteiger partial charge in [-0.15, -0.1) is 0 Å². The summed E-state index contributed by atoms with van der Waals surface area (Å²) in [4.78, 5) is 55.2. The molecule has 35 heavy (non-hydrogen) atoms. The van der Waals surface area contributed by atoms with Gasteiger partial charge in [-0.05, 0) is 37.1 Å². The maximum absolute atomic E-state index is 12.6. The standard InChI is InChI=1S/C25H24N4O5S/c1-28-14-12-26-25(28)35-16-21(30)27-20-11-5-4-10-19(20)24(33)34-15-7-6-13-29-22(31)17-8-2-3-9-18(17)23(29)32/h2-5,8-12,14H,6-7,13,15-16H2,1H3,(H,27,30). The Kier molecular flexibility index (Phi) is 7.61. The van der Waals surface area contributed by atoms with Gasteiger partial charge in [-0.1, -0.05) is 36.0 Å². The zero-order valence-corrected chi connectivity index (χ0v) is 19.9. The molecule has 9 nitrogen and oxygen atoms in total. The van der Waals surface area contributed by atoms with Gasteiger partial charge in [-0.25, -0.2) is 9.78 Å². The van der Waals surface area contributed by atoms with E-state index < -0.39 is 5.97 Å². The third kappa shape index (κ3) is 5.60. The number of hydrogen-bond donors (Lipinski definition) is 1. The third-order valence-corrected chi connectivity index (χ3v) is 6.48. The van der Waals surface area contributed by atoms with Crippen LogP contribution in [-0.4, -0.2) is 57.0 Å². The van der Waals surface area contributed by atoms with Gasteiger partial charge in [-0.3, -0.25) is 19.3 Å². The number of carbonyl (C=O) groups excluding carboxylic acids is 4. The van der Waals surface area contributed by atoms with Gasteiger partial charge >= 0.3 is 5.97 Å². The van der Waals surface area contributed by atoms with Gasteiger partial charge in [0.2, 0.25) is 5.91 Å². The van der Waals surface area contributed by atoms with E-state index in [9.17, 15) is 19.2 Å². The second-order valence-corrected chi connectivity index (χ2v) is 8.80. The van der Waals surface area contributed by atoms with Crippen LogP contribution in [0, 0.1) is 0 Å². The topological polar surface area (TPSA) is 111 Å². The van der Waals surface area contributed by atoms with Crippen molar-refractivity contribution < 1.29 is 23.9 Å². The first-order chi connectivity index (χ1) is 17.0. The van der Waals surface area contributed by atoms with E-state index in [1.54, 1.807) is 60.9 Å². The first-order valence-electron chi connectivity index (χ1n) is 11.1. The quantitative estimate of drug-likeness (QED) is 0.200. The Balaban J connectivity index is 1.23.